The third-order valence-corrected chi connectivity index (χ3v) is 5.42. The fourth-order valence-electron chi connectivity index (χ4n) is 2.53. The molecule has 0 saturated heterocycles. The summed E-state index contributed by atoms with van der Waals surface area (Å²) < 4.78 is 40.4. The lowest BCUT2D eigenvalue weighted by Crippen LogP contribution is -2.44. The highest BCUT2D eigenvalue weighted by atomic mass is 32.2. The topological polar surface area (TPSA) is 92.4 Å². The first-order valence-electron chi connectivity index (χ1n) is 7.01. The highest BCUT2D eigenvalue weighted by Gasteiger charge is 2.31. The second kappa shape index (κ2) is 5.90. The molecule has 1 fully saturated rings. The van der Waals surface area contributed by atoms with Crippen molar-refractivity contribution in [2.75, 3.05) is 12.3 Å². The Labute approximate surface area is 124 Å². The molecule has 4 N–H and O–H groups in total. The lowest BCUT2D eigenvalue weighted by Gasteiger charge is -2.32. The van der Waals surface area contributed by atoms with E-state index in [4.69, 9.17) is 5.73 Å². The fraction of sp³-hybridized carbons (Fsp3) is 0.571. The van der Waals surface area contributed by atoms with E-state index in [-0.39, 0.29) is 22.7 Å². The average Bonchev–Trinajstić information content (AvgIpc) is 2.43. The molecule has 0 aromatic heterocycles. The molecule has 1 aliphatic carbocycles. The van der Waals surface area contributed by atoms with Gasteiger partial charge in [0.1, 0.15) is 5.82 Å². The highest BCUT2D eigenvalue weighted by molar-refractivity contribution is 7.89. The molecule has 0 bridgehead atoms. The Morgan fingerprint density at radius 1 is 1.33 bits per heavy atom. The van der Waals surface area contributed by atoms with E-state index in [2.05, 4.69) is 4.72 Å². The van der Waals surface area contributed by atoms with Crippen molar-refractivity contribution in [3.63, 3.8) is 0 Å². The molecule has 5 nitrogen and oxygen atoms in total. The summed E-state index contributed by atoms with van der Waals surface area (Å²) in [5.41, 5.74) is 4.90. The van der Waals surface area contributed by atoms with E-state index in [0.717, 1.165) is 25.3 Å². The number of benzene rings is 1. The largest absolute Gasteiger partial charge is 0.398 e. The molecular formula is C14H21FN2O3S. The monoisotopic (exact) mass is 316 g/mol. The van der Waals surface area contributed by atoms with Crippen molar-refractivity contribution in [2.45, 2.75) is 49.5 Å². The first-order chi connectivity index (χ1) is 9.73. The minimum absolute atomic E-state index is 0.0647. The van der Waals surface area contributed by atoms with Gasteiger partial charge < -0.3 is 10.8 Å². The van der Waals surface area contributed by atoms with Crippen LogP contribution in [-0.4, -0.2) is 25.7 Å². The van der Waals surface area contributed by atoms with Crippen LogP contribution in [0.1, 0.15) is 37.7 Å². The minimum Gasteiger partial charge on any atom is -0.398 e. The quantitative estimate of drug-likeness (QED) is 0.737. The summed E-state index contributed by atoms with van der Waals surface area (Å²) in [6.07, 6.45) is 3.95. The fourth-order valence-corrected chi connectivity index (χ4v) is 3.69. The lowest BCUT2D eigenvalue weighted by molar-refractivity contribution is 0.00945. The van der Waals surface area contributed by atoms with E-state index in [1.165, 1.54) is 13.0 Å². The summed E-state index contributed by atoms with van der Waals surface area (Å²) in [5, 5.41) is 10.3. The second-order valence-corrected chi connectivity index (χ2v) is 7.50. The maximum Gasteiger partial charge on any atom is 0.240 e. The van der Waals surface area contributed by atoms with Crippen LogP contribution in [0.25, 0.3) is 0 Å². The molecule has 118 valence electrons. The molecule has 0 heterocycles. The van der Waals surface area contributed by atoms with E-state index >= 15 is 0 Å². The lowest BCUT2D eigenvalue weighted by atomic mass is 9.85. The van der Waals surface area contributed by atoms with Crippen LogP contribution < -0.4 is 10.5 Å². The number of anilines is 1. The number of hydrogen-bond donors (Lipinski definition) is 3. The van der Waals surface area contributed by atoms with Crippen molar-refractivity contribution in [3.05, 3.63) is 23.5 Å². The maximum atomic E-state index is 13.6. The van der Waals surface area contributed by atoms with Gasteiger partial charge in [0.2, 0.25) is 10.0 Å². The van der Waals surface area contributed by atoms with E-state index in [1.54, 1.807) is 0 Å². The normalized spacial score (nSPS) is 18.6. The predicted octanol–water partition coefficient (Wildman–Crippen LogP) is 1.69. The molecule has 0 radical (unpaired) electrons. The second-order valence-electron chi connectivity index (χ2n) is 5.73. The SMILES string of the molecule is Cc1c(N)cc(S(=O)(=O)NCC2(O)CCCCC2)cc1F. The van der Waals surface area contributed by atoms with Crippen LogP contribution in [0.15, 0.2) is 17.0 Å². The number of hydrogen-bond acceptors (Lipinski definition) is 4. The molecule has 1 aromatic rings. The molecule has 1 aromatic carbocycles. The zero-order valence-electron chi connectivity index (χ0n) is 12.0. The smallest absolute Gasteiger partial charge is 0.240 e. The Balaban J connectivity index is 2.15. The number of aliphatic hydroxyl groups is 1. The summed E-state index contributed by atoms with van der Waals surface area (Å²) >= 11 is 0. The van der Waals surface area contributed by atoms with E-state index < -0.39 is 21.4 Å². The Morgan fingerprint density at radius 3 is 2.52 bits per heavy atom. The third kappa shape index (κ3) is 3.72. The standard InChI is InChI=1S/C14H21FN2O3S/c1-10-12(15)7-11(8-13(10)16)21(19,20)17-9-14(18)5-3-2-4-6-14/h7-8,17-18H,2-6,9,16H2,1H3. The summed E-state index contributed by atoms with van der Waals surface area (Å²) in [7, 11) is -3.89. The van der Waals surface area contributed by atoms with E-state index in [0.29, 0.717) is 12.8 Å². The average molecular weight is 316 g/mol. The van der Waals surface area contributed by atoms with Gasteiger partial charge >= 0.3 is 0 Å². The van der Waals surface area contributed by atoms with Crippen LogP contribution in [0.2, 0.25) is 0 Å². The molecule has 0 atom stereocenters. The summed E-state index contributed by atoms with van der Waals surface area (Å²) in [4.78, 5) is -0.220. The first kappa shape index (κ1) is 16.2. The van der Waals surface area contributed by atoms with Crippen molar-refractivity contribution in [2.24, 2.45) is 0 Å². The van der Waals surface area contributed by atoms with Gasteiger partial charge in [-0.05, 0) is 31.9 Å². The number of halogens is 1. The first-order valence-corrected chi connectivity index (χ1v) is 8.49. The Morgan fingerprint density at radius 2 is 1.95 bits per heavy atom. The van der Waals surface area contributed by atoms with Gasteiger partial charge in [-0.2, -0.15) is 0 Å². The van der Waals surface area contributed by atoms with Crippen LogP contribution >= 0.6 is 0 Å². The minimum atomic E-state index is -3.89. The van der Waals surface area contributed by atoms with Crippen LogP contribution in [0.5, 0.6) is 0 Å². The van der Waals surface area contributed by atoms with E-state index in [9.17, 15) is 17.9 Å². The highest BCUT2D eigenvalue weighted by Crippen LogP contribution is 2.28. The van der Waals surface area contributed by atoms with Gasteiger partial charge in [-0.15, -0.1) is 0 Å². The predicted molar refractivity (Wildman–Crippen MR) is 78.8 cm³/mol. The van der Waals surface area contributed by atoms with Crippen molar-refractivity contribution in [3.8, 4) is 0 Å². The Hall–Kier alpha value is -1.18. The molecule has 1 saturated carbocycles. The van der Waals surface area contributed by atoms with Gasteiger partial charge in [-0.25, -0.2) is 17.5 Å². The van der Waals surface area contributed by atoms with Crippen LogP contribution in [-0.2, 0) is 10.0 Å². The zero-order chi connectivity index (χ0) is 15.7. The number of nitrogens with one attached hydrogen (secondary N) is 1. The number of sulfonamides is 1. The van der Waals surface area contributed by atoms with Gasteiger partial charge in [0.25, 0.3) is 0 Å². The molecule has 0 spiro atoms. The van der Waals surface area contributed by atoms with Gasteiger partial charge in [0, 0.05) is 17.8 Å². The van der Waals surface area contributed by atoms with Crippen molar-refractivity contribution < 1.29 is 17.9 Å². The zero-order valence-corrected chi connectivity index (χ0v) is 12.8. The van der Waals surface area contributed by atoms with E-state index in [1.807, 2.05) is 0 Å². The van der Waals surface area contributed by atoms with Crippen molar-refractivity contribution >= 4 is 15.7 Å². The number of nitrogen functional groups attached to an aromatic ring is 1. The molecule has 0 amide bonds. The molecule has 2 rings (SSSR count). The molecule has 7 heteroatoms. The summed E-state index contributed by atoms with van der Waals surface area (Å²) in [6.45, 7) is 1.42. The third-order valence-electron chi connectivity index (χ3n) is 4.04. The number of rotatable bonds is 4. The van der Waals surface area contributed by atoms with Crippen molar-refractivity contribution in [1.82, 2.24) is 4.72 Å². The van der Waals surface area contributed by atoms with Gasteiger partial charge in [0.05, 0.1) is 10.5 Å². The van der Waals surface area contributed by atoms with Crippen LogP contribution in [0.4, 0.5) is 10.1 Å². The van der Waals surface area contributed by atoms with Gasteiger partial charge in [0.15, 0.2) is 0 Å². The summed E-state index contributed by atoms with van der Waals surface area (Å²) in [5.74, 6) is -0.660. The van der Waals surface area contributed by atoms with Crippen molar-refractivity contribution in [1.29, 1.82) is 0 Å². The molecular weight excluding hydrogens is 295 g/mol. The van der Waals surface area contributed by atoms with Gasteiger partial charge in [-0.3, -0.25) is 0 Å². The number of nitrogens with two attached hydrogens (primary N) is 1. The molecule has 0 aliphatic heterocycles. The molecule has 21 heavy (non-hydrogen) atoms. The maximum absolute atomic E-state index is 13.6. The molecule has 1 aliphatic rings. The molecule has 0 unspecified atom stereocenters. The summed E-state index contributed by atoms with van der Waals surface area (Å²) in [6, 6.07) is 2.17. The van der Waals surface area contributed by atoms with Crippen LogP contribution in [0, 0.1) is 12.7 Å². The Bertz CT molecular complexity index is 602. The van der Waals surface area contributed by atoms with Crippen LogP contribution in [0.3, 0.4) is 0 Å². The van der Waals surface area contributed by atoms with Gasteiger partial charge in [-0.1, -0.05) is 19.3 Å². The Kier molecular flexibility index (Phi) is 4.55.